The number of piperidine rings is 1. The summed E-state index contributed by atoms with van der Waals surface area (Å²) < 4.78 is 4.91. The third kappa shape index (κ3) is 1.97. The molecule has 21 heavy (non-hydrogen) atoms. The number of hydrogen-bond donors (Lipinski definition) is 1. The summed E-state index contributed by atoms with van der Waals surface area (Å²) in [7, 11) is 1.49. The normalized spacial score (nSPS) is 25.4. The van der Waals surface area contributed by atoms with Crippen LogP contribution in [0.4, 0.5) is 0 Å². The number of aromatic amines is 1. The van der Waals surface area contributed by atoms with Crippen LogP contribution >= 0.6 is 0 Å². The number of esters is 1. The highest BCUT2D eigenvalue weighted by atomic mass is 16.5. The van der Waals surface area contributed by atoms with Gasteiger partial charge in [-0.15, -0.1) is 0 Å². The summed E-state index contributed by atoms with van der Waals surface area (Å²) in [4.78, 5) is 17.8. The molecule has 4 rings (SSSR count). The third-order valence-corrected chi connectivity index (χ3v) is 5.05. The zero-order valence-corrected chi connectivity index (χ0v) is 12.3. The highest BCUT2D eigenvalue weighted by Gasteiger charge is 2.37. The fourth-order valence-corrected chi connectivity index (χ4v) is 4.01. The van der Waals surface area contributed by atoms with E-state index in [1.165, 1.54) is 29.3 Å². The van der Waals surface area contributed by atoms with Crippen LogP contribution in [0.3, 0.4) is 0 Å². The lowest BCUT2D eigenvalue weighted by Gasteiger charge is -2.41. The SMILES string of the molecule is COC(=O)[C@@H]1CC[C@H]2c3[nH]c4ccccc4c3CCN2C1. The molecular weight excluding hydrogens is 264 g/mol. The molecule has 4 nitrogen and oxygen atoms in total. The standard InChI is InChI=1S/C17H20N2O2/c1-21-17(20)11-6-7-15-16-13(8-9-19(15)10-11)12-4-2-3-5-14(12)18-16/h2-5,11,15,18H,6-10H2,1H3/t11-,15+/m1/s1. The topological polar surface area (TPSA) is 45.3 Å². The number of fused-ring (bicyclic) bond motifs is 5. The summed E-state index contributed by atoms with van der Waals surface area (Å²) >= 11 is 0. The van der Waals surface area contributed by atoms with Gasteiger partial charge in [0.25, 0.3) is 0 Å². The Labute approximate surface area is 124 Å². The van der Waals surface area contributed by atoms with Crippen LogP contribution in [-0.4, -0.2) is 36.1 Å². The number of ether oxygens (including phenoxy) is 1. The molecule has 0 bridgehead atoms. The number of nitrogens with one attached hydrogen (secondary N) is 1. The zero-order valence-electron chi connectivity index (χ0n) is 12.3. The van der Waals surface area contributed by atoms with Crippen LogP contribution in [0.5, 0.6) is 0 Å². The number of carbonyl (C=O) groups is 1. The lowest BCUT2D eigenvalue weighted by atomic mass is 9.86. The first-order chi connectivity index (χ1) is 10.3. The minimum absolute atomic E-state index is 0.0391. The molecule has 1 saturated heterocycles. The average molecular weight is 284 g/mol. The predicted molar refractivity (Wildman–Crippen MR) is 81.1 cm³/mol. The van der Waals surface area contributed by atoms with E-state index in [9.17, 15) is 4.79 Å². The van der Waals surface area contributed by atoms with E-state index in [-0.39, 0.29) is 11.9 Å². The molecule has 1 fully saturated rings. The first-order valence-electron chi connectivity index (χ1n) is 7.69. The van der Waals surface area contributed by atoms with Crippen molar-refractivity contribution >= 4 is 16.9 Å². The predicted octanol–water partition coefficient (Wildman–Crippen LogP) is 2.65. The van der Waals surface area contributed by atoms with Crippen LogP contribution in [0, 0.1) is 5.92 Å². The Bertz CT molecular complexity index is 691. The number of aromatic nitrogens is 1. The van der Waals surface area contributed by atoms with E-state index >= 15 is 0 Å². The molecule has 1 aromatic carbocycles. The maximum Gasteiger partial charge on any atom is 0.309 e. The molecule has 0 unspecified atom stereocenters. The van der Waals surface area contributed by atoms with Crippen LogP contribution in [0.25, 0.3) is 10.9 Å². The van der Waals surface area contributed by atoms with E-state index in [4.69, 9.17) is 4.74 Å². The van der Waals surface area contributed by atoms with E-state index in [1.807, 2.05) is 0 Å². The Morgan fingerprint density at radius 2 is 2.19 bits per heavy atom. The fourth-order valence-electron chi connectivity index (χ4n) is 4.01. The Kier molecular flexibility index (Phi) is 3.00. The lowest BCUT2D eigenvalue weighted by Crippen LogP contribution is -2.44. The average Bonchev–Trinajstić information content (AvgIpc) is 2.92. The van der Waals surface area contributed by atoms with Gasteiger partial charge in [-0.25, -0.2) is 0 Å². The molecule has 0 saturated carbocycles. The van der Waals surface area contributed by atoms with Crippen molar-refractivity contribution in [3.63, 3.8) is 0 Å². The minimum Gasteiger partial charge on any atom is -0.469 e. The highest BCUT2D eigenvalue weighted by Crippen LogP contribution is 2.40. The minimum atomic E-state index is -0.0594. The number of H-pyrrole nitrogens is 1. The molecular formula is C17H20N2O2. The van der Waals surface area contributed by atoms with Gasteiger partial charge < -0.3 is 9.72 Å². The molecule has 4 heteroatoms. The molecule has 0 radical (unpaired) electrons. The second-order valence-electron chi connectivity index (χ2n) is 6.12. The zero-order chi connectivity index (χ0) is 14.4. The number of methoxy groups -OCH3 is 1. The van der Waals surface area contributed by atoms with Crippen molar-refractivity contribution in [3.05, 3.63) is 35.5 Å². The van der Waals surface area contributed by atoms with Crippen LogP contribution in [-0.2, 0) is 16.0 Å². The first kappa shape index (κ1) is 12.9. The number of rotatable bonds is 1. The Hall–Kier alpha value is -1.81. The van der Waals surface area contributed by atoms with Gasteiger partial charge >= 0.3 is 5.97 Å². The number of hydrogen-bond acceptors (Lipinski definition) is 3. The van der Waals surface area contributed by atoms with E-state index in [0.29, 0.717) is 6.04 Å². The number of carbonyl (C=O) groups excluding carboxylic acids is 1. The fraction of sp³-hybridized carbons (Fsp3) is 0.471. The molecule has 2 aliphatic rings. The number of para-hydroxylation sites is 1. The molecule has 2 aromatic rings. The first-order valence-corrected chi connectivity index (χ1v) is 7.69. The van der Waals surface area contributed by atoms with E-state index in [0.717, 1.165) is 32.4 Å². The van der Waals surface area contributed by atoms with Crippen molar-refractivity contribution in [2.24, 2.45) is 5.92 Å². The van der Waals surface area contributed by atoms with Crippen LogP contribution in [0.15, 0.2) is 24.3 Å². The molecule has 0 aliphatic carbocycles. The monoisotopic (exact) mass is 284 g/mol. The van der Waals surface area contributed by atoms with E-state index < -0.39 is 0 Å². The van der Waals surface area contributed by atoms with E-state index in [1.54, 1.807) is 0 Å². The summed E-state index contributed by atoms with van der Waals surface area (Å²) in [5.41, 5.74) is 4.08. The molecule has 2 atom stereocenters. The second kappa shape index (κ2) is 4.88. The lowest BCUT2D eigenvalue weighted by molar-refractivity contribution is -0.148. The van der Waals surface area contributed by atoms with Crippen molar-refractivity contribution in [2.45, 2.75) is 25.3 Å². The van der Waals surface area contributed by atoms with Gasteiger partial charge in [-0.3, -0.25) is 9.69 Å². The quantitative estimate of drug-likeness (QED) is 0.819. The van der Waals surface area contributed by atoms with Crippen molar-refractivity contribution in [1.82, 2.24) is 9.88 Å². The molecule has 3 heterocycles. The second-order valence-corrected chi connectivity index (χ2v) is 6.12. The van der Waals surface area contributed by atoms with Gasteiger partial charge in [0.2, 0.25) is 0 Å². The maximum absolute atomic E-state index is 11.8. The van der Waals surface area contributed by atoms with Gasteiger partial charge in [0.05, 0.1) is 19.1 Å². The van der Waals surface area contributed by atoms with Gasteiger partial charge in [0.1, 0.15) is 0 Å². The van der Waals surface area contributed by atoms with Crippen molar-refractivity contribution < 1.29 is 9.53 Å². The Balaban J connectivity index is 1.67. The molecule has 1 aromatic heterocycles. The molecule has 110 valence electrons. The third-order valence-electron chi connectivity index (χ3n) is 5.05. The van der Waals surface area contributed by atoms with Crippen LogP contribution in [0.1, 0.15) is 30.1 Å². The number of nitrogens with zero attached hydrogens (tertiary/aromatic N) is 1. The summed E-state index contributed by atoms with van der Waals surface area (Å²) in [6.07, 6.45) is 3.01. The molecule has 0 amide bonds. The summed E-state index contributed by atoms with van der Waals surface area (Å²) in [6, 6.07) is 8.98. The molecule has 2 aliphatic heterocycles. The Morgan fingerprint density at radius 3 is 3.05 bits per heavy atom. The van der Waals surface area contributed by atoms with Gasteiger partial charge in [0.15, 0.2) is 0 Å². The van der Waals surface area contributed by atoms with E-state index in [2.05, 4.69) is 34.1 Å². The largest absolute Gasteiger partial charge is 0.469 e. The molecule has 0 spiro atoms. The smallest absolute Gasteiger partial charge is 0.309 e. The van der Waals surface area contributed by atoms with Crippen molar-refractivity contribution in [2.75, 3.05) is 20.2 Å². The summed E-state index contributed by atoms with van der Waals surface area (Å²) in [6.45, 7) is 1.86. The van der Waals surface area contributed by atoms with Crippen molar-refractivity contribution in [3.8, 4) is 0 Å². The van der Waals surface area contributed by atoms with Crippen LogP contribution in [0.2, 0.25) is 0 Å². The van der Waals surface area contributed by atoms with Crippen LogP contribution < -0.4 is 0 Å². The van der Waals surface area contributed by atoms with Gasteiger partial charge in [0, 0.05) is 29.7 Å². The summed E-state index contributed by atoms with van der Waals surface area (Å²) in [5.74, 6) is -0.0203. The maximum atomic E-state index is 11.8. The molecule has 1 N–H and O–H groups in total. The van der Waals surface area contributed by atoms with Gasteiger partial charge in [-0.2, -0.15) is 0 Å². The highest BCUT2D eigenvalue weighted by molar-refractivity contribution is 5.85. The summed E-state index contributed by atoms with van der Waals surface area (Å²) in [5, 5.41) is 1.36. The Morgan fingerprint density at radius 1 is 1.33 bits per heavy atom. The van der Waals surface area contributed by atoms with Gasteiger partial charge in [-0.1, -0.05) is 18.2 Å². The number of benzene rings is 1. The van der Waals surface area contributed by atoms with Crippen molar-refractivity contribution in [1.29, 1.82) is 0 Å². The van der Waals surface area contributed by atoms with Gasteiger partial charge in [-0.05, 0) is 30.9 Å².